The molecule has 1 aliphatic heterocycles. The van der Waals surface area contributed by atoms with E-state index in [9.17, 15) is 19.3 Å². The molecule has 0 atom stereocenters. The molecule has 0 saturated carbocycles. The summed E-state index contributed by atoms with van der Waals surface area (Å²) in [4.78, 5) is 27.2. The lowest BCUT2D eigenvalue weighted by molar-refractivity contribution is -0.384. The number of nitro groups is 1. The minimum absolute atomic E-state index is 0.0336. The molecule has 3 aromatic rings. The number of nitro benzene ring substituents is 1. The smallest absolute Gasteiger partial charge is 0.289 e. The van der Waals surface area contributed by atoms with Gasteiger partial charge in [-0.15, -0.1) is 0 Å². The van der Waals surface area contributed by atoms with Crippen molar-refractivity contribution >= 4 is 40.3 Å². The first-order chi connectivity index (χ1) is 14.0. The molecule has 7 nitrogen and oxygen atoms in total. The topological polar surface area (TPSA) is 97.7 Å². The number of rotatable bonds is 4. The number of nitrogens with one attached hydrogen (secondary N) is 1. The van der Waals surface area contributed by atoms with Gasteiger partial charge in [0.15, 0.2) is 0 Å². The molecule has 29 heavy (non-hydrogen) atoms. The molecule has 1 saturated heterocycles. The molecule has 1 fully saturated rings. The number of furan rings is 1. The number of hydrogen-bond donors (Lipinski definition) is 1. The number of aliphatic imine (C=N–C) groups is 1. The Labute approximate surface area is 168 Å². The Morgan fingerprint density at radius 3 is 2.69 bits per heavy atom. The van der Waals surface area contributed by atoms with Gasteiger partial charge >= 0.3 is 0 Å². The second-order valence-electron chi connectivity index (χ2n) is 5.97. The highest BCUT2D eigenvalue weighted by atomic mass is 32.2. The summed E-state index contributed by atoms with van der Waals surface area (Å²) in [6.45, 7) is 0. The zero-order valence-corrected chi connectivity index (χ0v) is 15.5. The minimum atomic E-state index is -0.472. The summed E-state index contributed by atoms with van der Waals surface area (Å²) in [6.07, 6.45) is 1.64. The van der Waals surface area contributed by atoms with Gasteiger partial charge in [0.05, 0.1) is 15.5 Å². The van der Waals surface area contributed by atoms with Crippen LogP contribution in [0.2, 0.25) is 0 Å². The molecule has 4 rings (SSSR count). The van der Waals surface area contributed by atoms with Crippen molar-refractivity contribution in [3.05, 3.63) is 87.3 Å². The standard InChI is InChI=1S/C20H12FN3O4S/c21-13-4-6-14(7-5-13)22-19-18(29-20(25)23-19)11-16-8-9-17(28-16)12-2-1-3-15(10-12)24(26)27/h1-11H,(H,22,23,25)/b18-11-. The van der Waals surface area contributed by atoms with Crippen molar-refractivity contribution in [1.82, 2.24) is 5.32 Å². The first-order valence-corrected chi connectivity index (χ1v) is 9.19. The first kappa shape index (κ1) is 18.6. The first-order valence-electron chi connectivity index (χ1n) is 8.38. The van der Waals surface area contributed by atoms with Gasteiger partial charge in [-0.3, -0.25) is 14.9 Å². The maximum Gasteiger partial charge on any atom is 0.289 e. The van der Waals surface area contributed by atoms with Gasteiger partial charge in [-0.25, -0.2) is 9.38 Å². The van der Waals surface area contributed by atoms with Crippen molar-refractivity contribution in [2.24, 2.45) is 4.99 Å². The number of thioether (sulfide) groups is 1. The number of halogens is 1. The van der Waals surface area contributed by atoms with E-state index in [4.69, 9.17) is 4.42 Å². The molecule has 0 spiro atoms. The van der Waals surface area contributed by atoms with Crippen LogP contribution >= 0.6 is 11.8 Å². The van der Waals surface area contributed by atoms with Crippen LogP contribution in [0.4, 0.5) is 20.6 Å². The highest BCUT2D eigenvalue weighted by molar-refractivity contribution is 8.18. The number of carbonyl (C=O) groups is 1. The Balaban J connectivity index is 1.63. The third-order valence-corrected chi connectivity index (χ3v) is 4.78. The van der Waals surface area contributed by atoms with E-state index in [1.165, 1.54) is 36.4 Å². The van der Waals surface area contributed by atoms with Gasteiger partial charge in [0.2, 0.25) is 0 Å². The fraction of sp³-hybridized carbons (Fsp3) is 0. The number of carbonyl (C=O) groups excluding carboxylic acids is 1. The summed E-state index contributed by atoms with van der Waals surface area (Å²) < 4.78 is 18.8. The normalized spacial score (nSPS) is 16.4. The Kier molecular flexibility index (Phi) is 4.96. The van der Waals surface area contributed by atoms with E-state index in [2.05, 4.69) is 10.3 Å². The van der Waals surface area contributed by atoms with E-state index in [1.807, 2.05) is 0 Å². The molecule has 2 aromatic carbocycles. The molecule has 1 aliphatic rings. The SMILES string of the molecule is O=C1NC(=Nc2ccc(F)cc2)/C(=C/c2ccc(-c3cccc([N+](=O)[O-])c3)o2)S1. The molecule has 1 N–H and O–H groups in total. The number of amidine groups is 1. The Bertz CT molecular complexity index is 1170. The number of benzene rings is 2. The number of nitrogens with zero attached hydrogens (tertiary/aromatic N) is 2. The Morgan fingerprint density at radius 2 is 1.93 bits per heavy atom. The lowest BCUT2D eigenvalue weighted by Gasteiger charge is -1.99. The zero-order chi connectivity index (χ0) is 20.4. The lowest BCUT2D eigenvalue weighted by atomic mass is 10.1. The molecule has 0 unspecified atom stereocenters. The van der Waals surface area contributed by atoms with E-state index in [1.54, 1.807) is 30.3 Å². The predicted octanol–water partition coefficient (Wildman–Crippen LogP) is 5.52. The van der Waals surface area contributed by atoms with E-state index >= 15 is 0 Å². The summed E-state index contributed by atoms with van der Waals surface area (Å²) in [7, 11) is 0. The minimum Gasteiger partial charge on any atom is -0.457 e. The maximum atomic E-state index is 13.1. The Hall–Kier alpha value is -3.72. The lowest BCUT2D eigenvalue weighted by Crippen LogP contribution is -2.18. The second kappa shape index (κ2) is 7.72. The van der Waals surface area contributed by atoms with Crippen molar-refractivity contribution in [3.63, 3.8) is 0 Å². The summed E-state index contributed by atoms with van der Waals surface area (Å²) in [5.41, 5.74) is 1.03. The highest BCUT2D eigenvalue weighted by Gasteiger charge is 2.24. The average molecular weight is 409 g/mol. The molecular weight excluding hydrogens is 397 g/mol. The fourth-order valence-electron chi connectivity index (χ4n) is 2.65. The number of hydrogen-bond acceptors (Lipinski definition) is 6. The molecule has 0 aliphatic carbocycles. The molecule has 0 radical (unpaired) electrons. The molecule has 1 amide bonds. The summed E-state index contributed by atoms with van der Waals surface area (Å²) in [5.74, 6) is 0.871. The molecule has 2 heterocycles. The number of non-ortho nitro benzene ring substituents is 1. The summed E-state index contributed by atoms with van der Waals surface area (Å²) in [5, 5.41) is 13.3. The number of amides is 1. The van der Waals surface area contributed by atoms with Crippen molar-refractivity contribution in [2.45, 2.75) is 0 Å². The second-order valence-corrected chi connectivity index (χ2v) is 6.98. The van der Waals surface area contributed by atoms with Gasteiger partial charge < -0.3 is 9.73 Å². The van der Waals surface area contributed by atoms with Crippen LogP contribution in [0.15, 0.2) is 75.0 Å². The van der Waals surface area contributed by atoms with Gasteiger partial charge in [-0.1, -0.05) is 12.1 Å². The van der Waals surface area contributed by atoms with Crippen molar-refractivity contribution in [1.29, 1.82) is 0 Å². The van der Waals surface area contributed by atoms with Crippen molar-refractivity contribution in [3.8, 4) is 11.3 Å². The average Bonchev–Trinajstić information content (AvgIpc) is 3.30. The predicted molar refractivity (Wildman–Crippen MR) is 108 cm³/mol. The zero-order valence-electron chi connectivity index (χ0n) is 14.7. The van der Waals surface area contributed by atoms with Crippen LogP contribution in [0.25, 0.3) is 17.4 Å². The highest BCUT2D eigenvalue weighted by Crippen LogP contribution is 2.31. The van der Waals surface area contributed by atoms with E-state index in [-0.39, 0.29) is 16.7 Å². The molecule has 144 valence electrons. The van der Waals surface area contributed by atoms with Gasteiger partial charge in [0, 0.05) is 17.7 Å². The Morgan fingerprint density at radius 1 is 1.14 bits per heavy atom. The third kappa shape index (κ3) is 4.25. The van der Waals surface area contributed by atoms with Crippen LogP contribution in [-0.4, -0.2) is 16.0 Å². The summed E-state index contributed by atoms with van der Waals surface area (Å²) >= 11 is 0.959. The van der Waals surface area contributed by atoms with E-state index in [0.29, 0.717) is 33.5 Å². The molecule has 0 bridgehead atoms. The molecular formula is C20H12FN3O4S. The van der Waals surface area contributed by atoms with Crippen LogP contribution in [0.1, 0.15) is 5.76 Å². The van der Waals surface area contributed by atoms with Crippen LogP contribution in [0, 0.1) is 15.9 Å². The van der Waals surface area contributed by atoms with Crippen LogP contribution in [-0.2, 0) is 0 Å². The van der Waals surface area contributed by atoms with Gasteiger partial charge in [0.1, 0.15) is 23.2 Å². The van der Waals surface area contributed by atoms with Gasteiger partial charge in [-0.2, -0.15) is 0 Å². The van der Waals surface area contributed by atoms with Crippen molar-refractivity contribution < 1.29 is 18.5 Å². The van der Waals surface area contributed by atoms with Crippen LogP contribution in [0.5, 0.6) is 0 Å². The van der Waals surface area contributed by atoms with Gasteiger partial charge in [0.25, 0.3) is 10.9 Å². The largest absolute Gasteiger partial charge is 0.457 e. The van der Waals surface area contributed by atoms with Crippen molar-refractivity contribution in [2.75, 3.05) is 0 Å². The third-order valence-electron chi connectivity index (χ3n) is 3.97. The monoisotopic (exact) mass is 409 g/mol. The van der Waals surface area contributed by atoms with Gasteiger partial charge in [-0.05, 0) is 54.2 Å². The van der Waals surface area contributed by atoms with E-state index < -0.39 is 4.92 Å². The van der Waals surface area contributed by atoms with Crippen LogP contribution in [0.3, 0.4) is 0 Å². The quantitative estimate of drug-likeness (QED) is 0.452. The molecule has 9 heteroatoms. The fourth-order valence-corrected chi connectivity index (χ4v) is 3.36. The van der Waals surface area contributed by atoms with Crippen LogP contribution < -0.4 is 5.32 Å². The van der Waals surface area contributed by atoms with E-state index in [0.717, 1.165) is 11.8 Å². The molecule has 1 aromatic heterocycles. The maximum absolute atomic E-state index is 13.1. The summed E-state index contributed by atoms with van der Waals surface area (Å²) in [6, 6.07) is 15.1.